The van der Waals surface area contributed by atoms with Gasteiger partial charge in [-0.1, -0.05) is 81.4 Å². The summed E-state index contributed by atoms with van der Waals surface area (Å²) in [7, 11) is 0. The quantitative estimate of drug-likeness (QED) is 0.0617. The second kappa shape index (κ2) is 26.2. The Morgan fingerprint density at radius 2 is 0.906 bits per heavy atom. The number of terminal acetylenes is 2. The molecule has 0 saturated heterocycles. The molecule has 2 unspecified atom stereocenters. The van der Waals surface area contributed by atoms with Crippen molar-refractivity contribution in [3.63, 3.8) is 0 Å². The number of benzene rings is 2. The van der Waals surface area contributed by atoms with Crippen molar-refractivity contribution in [1.29, 1.82) is 0 Å². The molecule has 0 aliphatic rings. The van der Waals surface area contributed by atoms with Crippen molar-refractivity contribution >= 4 is 45.8 Å². The maximum atomic E-state index is 13.0. The summed E-state index contributed by atoms with van der Waals surface area (Å²) in [6.07, 6.45) is 20.2. The van der Waals surface area contributed by atoms with Gasteiger partial charge in [-0.3, -0.25) is 29.1 Å². The van der Waals surface area contributed by atoms with Crippen LogP contribution in [0.25, 0.3) is 44.6 Å². The van der Waals surface area contributed by atoms with E-state index in [1.54, 1.807) is 26.2 Å². The molecule has 2 amide bonds. The predicted octanol–water partition coefficient (Wildman–Crippen LogP) is 9.35. The normalized spacial score (nSPS) is 12.5. The van der Waals surface area contributed by atoms with Crippen LogP contribution >= 0.6 is 0 Å². The van der Waals surface area contributed by atoms with Gasteiger partial charge in [0.15, 0.2) is 11.2 Å². The van der Waals surface area contributed by atoms with Crippen LogP contribution in [0.4, 0.5) is 0 Å². The van der Waals surface area contributed by atoms with E-state index in [9.17, 15) is 19.2 Å². The van der Waals surface area contributed by atoms with Crippen molar-refractivity contribution < 1.29 is 28.7 Å². The van der Waals surface area contributed by atoms with Gasteiger partial charge < -0.3 is 30.1 Å². The monoisotopic (exact) mass is 879 g/mol. The van der Waals surface area contributed by atoms with E-state index < -0.39 is 23.1 Å². The predicted molar refractivity (Wildman–Crippen MR) is 256 cm³/mol. The first kappa shape index (κ1) is 55.5. The number of aromatic amines is 2. The van der Waals surface area contributed by atoms with E-state index in [-0.39, 0.29) is 36.7 Å². The number of rotatable bonds is 14. The van der Waals surface area contributed by atoms with Gasteiger partial charge >= 0.3 is 11.9 Å². The molecule has 5 rings (SSSR count). The topological polar surface area (TPSA) is 194 Å². The average molecular weight is 879 g/mol. The number of nitrogens with one attached hydrogen (secondary N) is 4. The maximum Gasteiger partial charge on any atom is 0.303 e. The highest BCUT2D eigenvalue weighted by Crippen LogP contribution is 2.27. The van der Waals surface area contributed by atoms with Crippen LogP contribution in [0.1, 0.15) is 121 Å². The zero-order valence-corrected chi connectivity index (χ0v) is 40.3. The first-order valence-electron chi connectivity index (χ1n) is 21.4. The Morgan fingerprint density at radius 3 is 1.17 bits per heavy atom. The summed E-state index contributed by atoms with van der Waals surface area (Å²) in [5.74, 6) is 1.28. The zero-order valence-electron chi connectivity index (χ0n) is 40.3. The first-order chi connectivity index (χ1) is 30.0. The average Bonchev–Trinajstić information content (AvgIpc) is 3.81. The highest BCUT2D eigenvalue weighted by molar-refractivity contribution is 5.88. The number of nitrogens with zero attached hydrogens (tertiary/aromatic N) is 4. The number of carbonyl (C=O) groups excluding carboxylic acids is 4. The largest absolute Gasteiger partial charge is 0.449 e. The van der Waals surface area contributed by atoms with Gasteiger partial charge in [0.2, 0.25) is 0 Å². The van der Waals surface area contributed by atoms with E-state index in [2.05, 4.69) is 108 Å². The number of H-pyrrole nitrogens is 2. The summed E-state index contributed by atoms with van der Waals surface area (Å²) >= 11 is 0. The molecule has 14 heteroatoms. The second-order valence-corrected chi connectivity index (χ2v) is 17.8. The summed E-state index contributed by atoms with van der Waals surface area (Å²) in [6, 6.07) is 11.4. The molecule has 0 aliphatic heterocycles. The van der Waals surface area contributed by atoms with Crippen LogP contribution in [0.2, 0.25) is 0 Å². The molecule has 2 aromatic carbocycles. The summed E-state index contributed by atoms with van der Waals surface area (Å²) < 4.78 is 10.8. The lowest BCUT2D eigenvalue weighted by Gasteiger charge is -2.29. The molecule has 64 heavy (non-hydrogen) atoms. The van der Waals surface area contributed by atoms with Crippen LogP contribution in [0.3, 0.4) is 0 Å². The summed E-state index contributed by atoms with van der Waals surface area (Å²) in [4.78, 5) is 74.4. The van der Waals surface area contributed by atoms with E-state index in [0.29, 0.717) is 35.9 Å². The third-order valence-electron chi connectivity index (χ3n) is 8.43. The molecular formula is C50H70N8O6. The lowest BCUT2D eigenvalue weighted by molar-refractivity contribution is -0.166. The highest BCUT2D eigenvalue weighted by atomic mass is 16.6. The van der Waals surface area contributed by atoms with E-state index in [1.165, 1.54) is 13.8 Å². The molecule has 3 heterocycles. The van der Waals surface area contributed by atoms with E-state index in [0.717, 1.165) is 45.0 Å². The second-order valence-electron chi connectivity index (χ2n) is 17.8. The summed E-state index contributed by atoms with van der Waals surface area (Å²) in [5, 5.41) is 5.70. The fourth-order valence-corrected chi connectivity index (χ4v) is 6.49. The minimum atomic E-state index is -1.28. The van der Waals surface area contributed by atoms with Crippen molar-refractivity contribution in [3.8, 4) is 48.2 Å². The molecule has 0 fully saturated rings. The molecule has 0 spiro atoms. The Kier molecular flexibility index (Phi) is 22.7. The molecule has 14 nitrogen and oxygen atoms in total. The number of aromatic nitrogens is 6. The maximum absolute atomic E-state index is 13.0. The van der Waals surface area contributed by atoms with Crippen LogP contribution in [-0.2, 0) is 41.7 Å². The molecular weight excluding hydrogens is 809 g/mol. The van der Waals surface area contributed by atoms with Crippen molar-refractivity contribution in [2.75, 3.05) is 0 Å². The van der Waals surface area contributed by atoms with E-state index in [1.807, 2.05) is 64.1 Å². The molecule has 2 atom stereocenters. The number of amides is 2. The summed E-state index contributed by atoms with van der Waals surface area (Å²) in [6.45, 7) is 27.0. The van der Waals surface area contributed by atoms with Gasteiger partial charge in [-0.15, -0.1) is 25.7 Å². The molecule has 346 valence electrons. The molecule has 5 aromatic rings. The molecule has 0 bridgehead atoms. The van der Waals surface area contributed by atoms with Crippen molar-refractivity contribution in [2.45, 2.75) is 134 Å². The minimum Gasteiger partial charge on any atom is -0.449 e. The number of hydrogen-bond acceptors (Lipinski definition) is 10. The van der Waals surface area contributed by atoms with Gasteiger partial charge in [-0.05, 0) is 74.6 Å². The van der Waals surface area contributed by atoms with Crippen molar-refractivity contribution in [2.24, 2.45) is 23.7 Å². The molecule has 0 aliphatic carbocycles. The number of fused-ring (bicyclic) bond motifs is 2. The Labute approximate surface area is 380 Å². The third kappa shape index (κ3) is 18.1. The molecule has 0 saturated carbocycles. The smallest absolute Gasteiger partial charge is 0.303 e. The third-order valence-corrected chi connectivity index (χ3v) is 8.43. The van der Waals surface area contributed by atoms with Crippen molar-refractivity contribution in [3.05, 3.63) is 60.4 Å². The Hall–Kier alpha value is -6.54. The Morgan fingerprint density at radius 1 is 0.594 bits per heavy atom. The van der Waals surface area contributed by atoms with Crippen LogP contribution in [0, 0.1) is 49.4 Å². The van der Waals surface area contributed by atoms with E-state index >= 15 is 0 Å². The number of imidazole rings is 2. The SMILES string of the molecule is C#C.C#C.CC(=O)OC(C)(CC(C)C)C(=O)NCc1nc2ccc(-c3cnc(-c4ccc5nc(CNC(=O)C(C)(CC(C)C)OC(C)=O)[nH]c5c4)cn3)cc2[nH]1.CC(C)C.CC(C)C. The number of esters is 2. The van der Waals surface area contributed by atoms with Gasteiger partial charge in [0, 0.05) is 25.0 Å². The van der Waals surface area contributed by atoms with Crippen LogP contribution in [-0.4, -0.2) is 64.9 Å². The lowest BCUT2D eigenvalue weighted by atomic mass is 9.93. The van der Waals surface area contributed by atoms with Crippen LogP contribution in [0.15, 0.2) is 48.8 Å². The van der Waals surface area contributed by atoms with Gasteiger partial charge in [-0.2, -0.15) is 0 Å². The Balaban J connectivity index is 0.00000154. The number of ether oxygens (including phenoxy) is 2. The summed E-state index contributed by atoms with van der Waals surface area (Å²) in [5.41, 5.74) is 3.43. The van der Waals surface area contributed by atoms with Gasteiger partial charge in [0.1, 0.15) is 11.6 Å². The number of carbonyl (C=O) groups is 4. The number of hydrogen-bond donors (Lipinski definition) is 4. The molecule has 3 aromatic heterocycles. The fourth-order valence-electron chi connectivity index (χ4n) is 6.49. The fraction of sp³-hybridized carbons (Fsp3) is 0.480. The zero-order chi connectivity index (χ0) is 48.9. The van der Waals surface area contributed by atoms with E-state index in [4.69, 9.17) is 9.47 Å². The highest BCUT2D eigenvalue weighted by Gasteiger charge is 2.38. The molecule has 0 radical (unpaired) electrons. The van der Waals surface area contributed by atoms with Gasteiger partial charge in [-0.25, -0.2) is 9.97 Å². The van der Waals surface area contributed by atoms with Crippen LogP contribution in [0.5, 0.6) is 0 Å². The molecule has 4 N–H and O–H groups in total. The Bertz CT molecular complexity index is 2140. The van der Waals surface area contributed by atoms with Gasteiger partial charge in [0.05, 0.1) is 58.9 Å². The standard InChI is InChI=1S/C38H46N8O6.2C4H10.2C2H2/c1-21(2)15-37(7,51-23(5)47)35(49)41-19-33-43-27-11-9-25(13-29(27)45-33)31-17-40-32(18-39-31)26-10-12-28-30(14-26)46-34(44-28)20-42-36(50)38(8,16-22(3)4)52-24(6)48;2*1-4(2)3;2*1-2/h9-14,17-18,21-22H,15-16,19-20H2,1-8H3,(H,41,49)(H,42,50)(H,43,45)(H,44,46);2*4H,1-3H3;2*1-2H. The van der Waals surface area contributed by atoms with Crippen LogP contribution < -0.4 is 10.6 Å². The minimum absolute atomic E-state index is 0.136. The van der Waals surface area contributed by atoms with Crippen molar-refractivity contribution in [1.82, 2.24) is 40.5 Å². The van der Waals surface area contributed by atoms with Gasteiger partial charge in [0.25, 0.3) is 11.8 Å². The lowest BCUT2D eigenvalue weighted by Crippen LogP contribution is -2.48. The first-order valence-corrected chi connectivity index (χ1v) is 21.4.